The van der Waals surface area contributed by atoms with Crippen molar-refractivity contribution in [2.75, 3.05) is 13.1 Å². The predicted octanol–water partition coefficient (Wildman–Crippen LogP) is 3.40. The van der Waals surface area contributed by atoms with Crippen LogP contribution in [0, 0.1) is 12.8 Å². The van der Waals surface area contributed by atoms with Crippen molar-refractivity contribution < 1.29 is 0 Å². The second kappa shape index (κ2) is 5.01. The van der Waals surface area contributed by atoms with E-state index < -0.39 is 0 Å². The van der Waals surface area contributed by atoms with E-state index in [1.165, 1.54) is 31.5 Å². The minimum Gasteiger partial charge on any atom is -0.298 e. The maximum absolute atomic E-state index is 2.61. The molecule has 16 heavy (non-hydrogen) atoms. The maximum atomic E-state index is 2.61. The Morgan fingerprint density at radius 1 is 1.38 bits per heavy atom. The van der Waals surface area contributed by atoms with E-state index in [1.807, 2.05) is 0 Å². The number of hydrogen-bond acceptors (Lipinski definition) is 1. The fourth-order valence-corrected chi connectivity index (χ4v) is 2.58. The highest BCUT2D eigenvalue weighted by Crippen LogP contribution is 2.22. The Labute approximate surface area is 99.5 Å². The topological polar surface area (TPSA) is 3.24 Å². The summed E-state index contributed by atoms with van der Waals surface area (Å²) in [5.74, 6) is 0.825. The summed E-state index contributed by atoms with van der Waals surface area (Å²) in [5.41, 5.74) is 4.62. The van der Waals surface area contributed by atoms with Crippen molar-refractivity contribution in [1.29, 1.82) is 0 Å². The number of nitrogens with zero attached hydrogens (tertiary/aromatic N) is 1. The van der Waals surface area contributed by atoms with Gasteiger partial charge in [-0.15, -0.1) is 0 Å². The van der Waals surface area contributed by atoms with Crippen LogP contribution >= 0.6 is 0 Å². The van der Waals surface area contributed by atoms with Gasteiger partial charge in [0.05, 0.1) is 0 Å². The number of aryl methyl sites for hydroxylation is 1. The number of hydrogen-bond donors (Lipinski definition) is 0. The van der Waals surface area contributed by atoms with E-state index in [4.69, 9.17) is 0 Å². The van der Waals surface area contributed by atoms with Gasteiger partial charge < -0.3 is 0 Å². The molecule has 2 rings (SSSR count). The highest BCUT2D eigenvalue weighted by atomic mass is 15.1. The lowest BCUT2D eigenvalue weighted by Gasteiger charge is -2.31. The first-order valence-electron chi connectivity index (χ1n) is 6.50. The summed E-state index contributed by atoms with van der Waals surface area (Å²) in [6, 6.07) is 6.73. The predicted molar refractivity (Wildman–Crippen MR) is 69.6 cm³/mol. The highest BCUT2D eigenvalue weighted by Gasteiger charge is 2.18. The lowest BCUT2D eigenvalue weighted by atomic mass is 9.94. The van der Waals surface area contributed by atoms with E-state index in [-0.39, 0.29) is 0 Å². The summed E-state index contributed by atoms with van der Waals surface area (Å²) in [6.07, 6.45) is 2.52. The molecule has 88 valence electrons. The van der Waals surface area contributed by atoms with Crippen LogP contribution in [0.5, 0.6) is 0 Å². The summed E-state index contributed by atoms with van der Waals surface area (Å²) in [7, 11) is 0. The van der Waals surface area contributed by atoms with Crippen LogP contribution in [0.25, 0.3) is 0 Å². The molecule has 1 nitrogen and oxygen atoms in total. The maximum Gasteiger partial charge on any atom is 0.0236 e. The van der Waals surface area contributed by atoms with Crippen molar-refractivity contribution in [3.8, 4) is 0 Å². The molecule has 0 saturated carbocycles. The number of rotatable bonds is 3. The molecule has 1 aromatic carbocycles. The third-order valence-corrected chi connectivity index (χ3v) is 3.85. The molecule has 0 radical (unpaired) electrons. The number of fused-ring (bicyclic) bond motifs is 1. The molecular weight excluding hydrogens is 194 g/mol. The van der Waals surface area contributed by atoms with Crippen molar-refractivity contribution in [2.45, 2.75) is 40.2 Å². The first-order valence-corrected chi connectivity index (χ1v) is 6.50. The van der Waals surface area contributed by atoms with Crippen molar-refractivity contribution in [2.24, 2.45) is 5.92 Å². The Balaban J connectivity index is 2.06. The minimum atomic E-state index is 0.825. The summed E-state index contributed by atoms with van der Waals surface area (Å²) in [4.78, 5) is 2.61. The van der Waals surface area contributed by atoms with Gasteiger partial charge in [0.15, 0.2) is 0 Å². The molecule has 0 aromatic heterocycles. The second-order valence-corrected chi connectivity index (χ2v) is 5.21. The van der Waals surface area contributed by atoms with Crippen LogP contribution in [-0.2, 0) is 13.0 Å². The third-order valence-electron chi connectivity index (χ3n) is 3.85. The molecule has 0 bridgehead atoms. The molecule has 0 spiro atoms. The normalized spacial score (nSPS) is 18.2. The molecule has 1 heterocycles. The van der Waals surface area contributed by atoms with Gasteiger partial charge in [0.2, 0.25) is 0 Å². The lowest BCUT2D eigenvalue weighted by molar-refractivity contribution is 0.217. The Morgan fingerprint density at radius 3 is 2.94 bits per heavy atom. The van der Waals surface area contributed by atoms with Gasteiger partial charge in [-0.3, -0.25) is 4.90 Å². The van der Waals surface area contributed by atoms with Crippen LogP contribution in [-0.4, -0.2) is 18.0 Å². The molecule has 1 atom stereocenters. The van der Waals surface area contributed by atoms with Gasteiger partial charge in [-0.2, -0.15) is 0 Å². The third kappa shape index (κ3) is 2.46. The van der Waals surface area contributed by atoms with Crippen LogP contribution in [0.3, 0.4) is 0 Å². The highest BCUT2D eigenvalue weighted by molar-refractivity contribution is 5.36. The van der Waals surface area contributed by atoms with E-state index in [0.29, 0.717) is 0 Å². The SMILES string of the molecule is CCC(C)CN1CCc2c(C)cccc2C1. The average molecular weight is 217 g/mol. The molecule has 0 fully saturated rings. The first-order chi connectivity index (χ1) is 7.70. The monoisotopic (exact) mass is 217 g/mol. The minimum absolute atomic E-state index is 0.825. The van der Waals surface area contributed by atoms with E-state index >= 15 is 0 Å². The van der Waals surface area contributed by atoms with Crippen LogP contribution < -0.4 is 0 Å². The standard InChI is InChI=1S/C15H23N/c1-4-12(2)10-16-9-8-15-13(3)6-5-7-14(15)11-16/h5-7,12H,4,8-11H2,1-3H3. The van der Waals surface area contributed by atoms with Crippen molar-refractivity contribution in [1.82, 2.24) is 4.90 Å². The molecule has 1 aromatic rings. The van der Waals surface area contributed by atoms with E-state index in [1.54, 1.807) is 11.1 Å². The fraction of sp³-hybridized carbons (Fsp3) is 0.600. The van der Waals surface area contributed by atoms with E-state index in [9.17, 15) is 0 Å². The van der Waals surface area contributed by atoms with E-state index in [2.05, 4.69) is 43.9 Å². The fourth-order valence-electron chi connectivity index (χ4n) is 2.58. The molecule has 0 N–H and O–H groups in total. The van der Waals surface area contributed by atoms with E-state index in [0.717, 1.165) is 12.5 Å². The van der Waals surface area contributed by atoms with Gasteiger partial charge in [-0.1, -0.05) is 38.5 Å². The van der Waals surface area contributed by atoms with Crippen LogP contribution in [0.1, 0.15) is 37.0 Å². The Morgan fingerprint density at radius 2 is 2.19 bits per heavy atom. The molecule has 0 amide bonds. The van der Waals surface area contributed by atoms with Gasteiger partial charge in [-0.25, -0.2) is 0 Å². The molecule has 0 saturated heterocycles. The lowest BCUT2D eigenvalue weighted by Crippen LogP contribution is -2.34. The first kappa shape index (κ1) is 11.7. The quantitative estimate of drug-likeness (QED) is 0.750. The molecule has 1 aliphatic rings. The van der Waals surface area contributed by atoms with Gasteiger partial charge in [0.1, 0.15) is 0 Å². The summed E-state index contributed by atoms with van der Waals surface area (Å²) >= 11 is 0. The Bertz CT molecular complexity index is 356. The summed E-state index contributed by atoms with van der Waals surface area (Å²) < 4.78 is 0. The smallest absolute Gasteiger partial charge is 0.0236 e. The average Bonchev–Trinajstić information content (AvgIpc) is 2.29. The van der Waals surface area contributed by atoms with Crippen molar-refractivity contribution in [3.05, 3.63) is 34.9 Å². The molecule has 0 aliphatic carbocycles. The summed E-state index contributed by atoms with van der Waals surface area (Å²) in [5, 5.41) is 0. The molecule has 1 aliphatic heterocycles. The zero-order chi connectivity index (χ0) is 11.5. The van der Waals surface area contributed by atoms with Crippen LogP contribution in [0.4, 0.5) is 0 Å². The van der Waals surface area contributed by atoms with Crippen molar-refractivity contribution in [3.63, 3.8) is 0 Å². The van der Waals surface area contributed by atoms with Crippen molar-refractivity contribution >= 4 is 0 Å². The molecule has 1 heteroatoms. The van der Waals surface area contributed by atoms with Crippen LogP contribution in [0.15, 0.2) is 18.2 Å². The summed E-state index contributed by atoms with van der Waals surface area (Å²) in [6.45, 7) is 10.5. The zero-order valence-corrected chi connectivity index (χ0v) is 10.8. The Hall–Kier alpha value is -0.820. The largest absolute Gasteiger partial charge is 0.298 e. The van der Waals surface area contributed by atoms with Gasteiger partial charge in [-0.05, 0) is 36.0 Å². The zero-order valence-electron chi connectivity index (χ0n) is 10.8. The van der Waals surface area contributed by atoms with Gasteiger partial charge in [0.25, 0.3) is 0 Å². The Kier molecular flexibility index (Phi) is 3.65. The number of benzene rings is 1. The van der Waals surface area contributed by atoms with Gasteiger partial charge in [0, 0.05) is 19.6 Å². The molecular formula is C15H23N. The van der Waals surface area contributed by atoms with Crippen LogP contribution in [0.2, 0.25) is 0 Å². The van der Waals surface area contributed by atoms with Gasteiger partial charge >= 0.3 is 0 Å². The molecule has 1 unspecified atom stereocenters. The second-order valence-electron chi connectivity index (χ2n) is 5.21.